The van der Waals surface area contributed by atoms with E-state index in [1.807, 2.05) is 10.5 Å². The number of benzene rings is 1. The standard InChI is InChI=1S/C14H13N5/c1-2-4-11-10(3-1)7-16-8-12(11)14-18-17-13-5-6-15-9-19(13)14/h1-6,9,12,16H,7-8H2. The Balaban J connectivity index is 1.90. The van der Waals surface area contributed by atoms with Crippen LogP contribution in [0.4, 0.5) is 0 Å². The Morgan fingerprint density at radius 1 is 1.16 bits per heavy atom. The van der Waals surface area contributed by atoms with E-state index in [-0.39, 0.29) is 5.92 Å². The zero-order valence-corrected chi connectivity index (χ0v) is 10.3. The van der Waals surface area contributed by atoms with Crippen LogP contribution >= 0.6 is 0 Å². The molecular weight excluding hydrogens is 238 g/mol. The van der Waals surface area contributed by atoms with E-state index in [9.17, 15) is 0 Å². The quantitative estimate of drug-likeness (QED) is 0.709. The van der Waals surface area contributed by atoms with Gasteiger partial charge in [0.05, 0.1) is 5.92 Å². The molecular formula is C14H13N5. The molecule has 5 heteroatoms. The molecule has 0 fully saturated rings. The summed E-state index contributed by atoms with van der Waals surface area (Å²) in [5.41, 5.74) is 3.51. The molecule has 0 saturated heterocycles. The second kappa shape index (κ2) is 4.13. The van der Waals surface area contributed by atoms with Crippen molar-refractivity contribution in [3.8, 4) is 0 Å². The maximum Gasteiger partial charge on any atom is 0.163 e. The third kappa shape index (κ3) is 1.62. The number of hydrogen-bond acceptors (Lipinski definition) is 4. The normalized spacial score (nSPS) is 18.4. The van der Waals surface area contributed by atoms with E-state index in [2.05, 4.69) is 44.8 Å². The van der Waals surface area contributed by atoms with Crippen LogP contribution in [0.5, 0.6) is 0 Å². The molecule has 3 heterocycles. The summed E-state index contributed by atoms with van der Waals surface area (Å²) < 4.78 is 1.97. The van der Waals surface area contributed by atoms with Crippen molar-refractivity contribution in [1.82, 2.24) is 24.9 Å². The van der Waals surface area contributed by atoms with Gasteiger partial charge in [0.25, 0.3) is 0 Å². The van der Waals surface area contributed by atoms with Gasteiger partial charge in [-0.3, -0.25) is 4.40 Å². The highest BCUT2D eigenvalue weighted by Crippen LogP contribution is 2.28. The highest BCUT2D eigenvalue weighted by molar-refractivity contribution is 5.41. The molecule has 0 amide bonds. The molecule has 4 rings (SSSR count). The van der Waals surface area contributed by atoms with E-state index >= 15 is 0 Å². The lowest BCUT2D eigenvalue weighted by Gasteiger charge is -2.25. The number of hydrogen-bond donors (Lipinski definition) is 1. The minimum absolute atomic E-state index is 0.226. The van der Waals surface area contributed by atoms with Crippen LogP contribution in [0, 0.1) is 0 Å². The molecule has 1 unspecified atom stereocenters. The molecule has 2 aromatic heterocycles. The van der Waals surface area contributed by atoms with Crippen molar-refractivity contribution >= 4 is 5.65 Å². The first-order valence-corrected chi connectivity index (χ1v) is 6.36. The van der Waals surface area contributed by atoms with Gasteiger partial charge in [-0.05, 0) is 11.1 Å². The van der Waals surface area contributed by atoms with Crippen LogP contribution < -0.4 is 5.32 Å². The number of aromatic nitrogens is 4. The fourth-order valence-electron chi connectivity index (χ4n) is 2.73. The van der Waals surface area contributed by atoms with E-state index in [0.717, 1.165) is 24.6 Å². The summed E-state index contributed by atoms with van der Waals surface area (Å²) in [6.07, 6.45) is 3.52. The Hall–Kier alpha value is -2.27. The van der Waals surface area contributed by atoms with Crippen molar-refractivity contribution in [2.24, 2.45) is 0 Å². The molecule has 19 heavy (non-hydrogen) atoms. The molecule has 0 saturated carbocycles. The van der Waals surface area contributed by atoms with Gasteiger partial charge in [-0.15, -0.1) is 10.2 Å². The predicted octanol–water partition coefficient (Wildman–Crippen LogP) is 1.36. The summed E-state index contributed by atoms with van der Waals surface area (Å²) in [5.74, 6) is 1.17. The molecule has 0 radical (unpaired) electrons. The topological polar surface area (TPSA) is 55.1 Å². The maximum atomic E-state index is 4.35. The molecule has 3 aromatic rings. The van der Waals surface area contributed by atoms with E-state index in [4.69, 9.17) is 0 Å². The lowest BCUT2D eigenvalue weighted by atomic mass is 9.90. The number of nitrogens with one attached hydrogen (secondary N) is 1. The third-order valence-corrected chi connectivity index (χ3v) is 3.65. The van der Waals surface area contributed by atoms with Crippen LogP contribution in [0.1, 0.15) is 22.9 Å². The van der Waals surface area contributed by atoms with Crippen LogP contribution in [0.3, 0.4) is 0 Å². The Labute approximate surface area is 110 Å². The predicted molar refractivity (Wildman–Crippen MR) is 70.8 cm³/mol. The summed E-state index contributed by atoms with van der Waals surface area (Å²) in [6.45, 7) is 1.80. The van der Waals surface area contributed by atoms with Gasteiger partial charge < -0.3 is 5.32 Å². The molecule has 1 N–H and O–H groups in total. The SMILES string of the molecule is c1ccc2c(c1)CNCC2c1nnc2ccncn12. The molecule has 0 bridgehead atoms. The van der Waals surface area contributed by atoms with Gasteiger partial charge in [-0.25, -0.2) is 4.98 Å². The molecule has 5 nitrogen and oxygen atoms in total. The summed E-state index contributed by atoms with van der Waals surface area (Å²) in [6, 6.07) is 10.4. The van der Waals surface area contributed by atoms with Gasteiger partial charge in [-0.2, -0.15) is 0 Å². The van der Waals surface area contributed by atoms with Gasteiger partial charge in [0.2, 0.25) is 0 Å². The zero-order valence-electron chi connectivity index (χ0n) is 10.3. The molecule has 0 aliphatic carbocycles. The van der Waals surface area contributed by atoms with Crippen molar-refractivity contribution in [2.75, 3.05) is 6.54 Å². The first kappa shape index (κ1) is 10.6. The van der Waals surface area contributed by atoms with Crippen molar-refractivity contribution in [2.45, 2.75) is 12.5 Å². The van der Waals surface area contributed by atoms with Gasteiger partial charge >= 0.3 is 0 Å². The highest BCUT2D eigenvalue weighted by atomic mass is 15.3. The van der Waals surface area contributed by atoms with Crippen molar-refractivity contribution < 1.29 is 0 Å². The van der Waals surface area contributed by atoms with Crippen LogP contribution in [-0.4, -0.2) is 26.1 Å². The van der Waals surface area contributed by atoms with Crippen LogP contribution in [0.2, 0.25) is 0 Å². The van der Waals surface area contributed by atoms with Crippen molar-refractivity contribution in [1.29, 1.82) is 0 Å². The monoisotopic (exact) mass is 251 g/mol. The van der Waals surface area contributed by atoms with Gasteiger partial charge in [0.15, 0.2) is 5.65 Å². The summed E-state index contributed by atoms with van der Waals surface area (Å²) in [4.78, 5) is 4.16. The number of fused-ring (bicyclic) bond motifs is 2. The Morgan fingerprint density at radius 3 is 3.11 bits per heavy atom. The molecule has 94 valence electrons. The first-order valence-electron chi connectivity index (χ1n) is 6.36. The number of nitrogens with zero attached hydrogens (tertiary/aromatic N) is 4. The fourth-order valence-corrected chi connectivity index (χ4v) is 2.73. The largest absolute Gasteiger partial charge is 0.312 e. The fraction of sp³-hybridized carbons (Fsp3) is 0.214. The Kier molecular flexibility index (Phi) is 2.31. The lowest BCUT2D eigenvalue weighted by molar-refractivity contribution is 0.568. The summed E-state index contributed by atoms with van der Waals surface area (Å²) >= 11 is 0. The third-order valence-electron chi connectivity index (χ3n) is 3.65. The lowest BCUT2D eigenvalue weighted by Crippen LogP contribution is -2.29. The molecule has 1 aliphatic heterocycles. The maximum absolute atomic E-state index is 4.35. The van der Waals surface area contributed by atoms with E-state index in [0.29, 0.717) is 0 Å². The van der Waals surface area contributed by atoms with Crippen LogP contribution in [0.15, 0.2) is 42.9 Å². The Morgan fingerprint density at radius 2 is 2.11 bits per heavy atom. The first-order chi connectivity index (χ1) is 9.43. The van der Waals surface area contributed by atoms with Gasteiger partial charge in [-0.1, -0.05) is 24.3 Å². The zero-order chi connectivity index (χ0) is 12.7. The smallest absolute Gasteiger partial charge is 0.163 e. The van der Waals surface area contributed by atoms with Crippen molar-refractivity contribution in [3.05, 3.63) is 59.8 Å². The average Bonchev–Trinajstić information content (AvgIpc) is 2.90. The average molecular weight is 251 g/mol. The van der Waals surface area contributed by atoms with Crippen LogP contribution in [0.25, 0.3) is 5.65 Å². The van der Waals surface area contributed by atoms with Crippen molar-refractivity contribution in [3.63, 3.8) is 0 Å². The second-order valence-corrected chi connectivity index (χ2v) is 4.75. The molecule has 0 spiro atoms. The minimum Gasteiger partial charge on any atom is -0.312 e. The van der Waals surface area contributed by atoms with E-state index < -0.39 is 0 Å². The Bertz CT molecular complexity index is 733. The minimum atomic E-state index is 0.226. The second-order valence-electron chi connectivity index (χ2n) is 4.75. The summed E-state index contributed by atoms with van der Waals surface area (Å²) in [5, 5.41) is 12.0. The molecule has 1 atom stereocenters. The molecule has 1 aliphatic rings. The van der Waals surface area contributed by atoms with Crippen LogP contribution in [-0.2, 0) is 6.54 Å². The summed E-state index contributed by atoms with van der Waals surface area (Å²) in [7, 11) is 0. The van der Waals surface area contributed by atoms with Gasteiger partial charge in [0, 0.05) is 25.4 Å². The molecule has 1 aromatic carbocycles. The number of rotatable bonds is 1. The van der Waals surface area contributed by atoms with Gasteiger partial charge in [0.1, 0.15) is 12.2 Å². The highest BCUT2D eigenvalue weighted by Gasteiger charge is 2.25. The van der Waals surface area contributed by atoms with E-state index in [1.165, 1.54) is 11.1 Å². The van der Waals surface area contributed by atoms with E-state index in [1.54, 1.807) is 12.5 Å².